The minimum atomic E-state index is -0.00800. The first-order chi connectivity index (χ1) is 8.15. The Bertz CT molecular complexity index is 752. The standard InChI is InChI=1S/C13H13N3O/c1-7(2)10-4-8-3-9-6-14-16-12(9)5-11(8)15-13(10)17/h3-7H,1-2H3,(H,14,16)(H,15,17). The summed E-state index contributed by atoms with van der Waals surface area (Å²) in [6, 6.07) is 5.92. The molecule has 0 fully saturated rings. The zero-order valence-electron chi connectivity index (χ0n) is 9.74. The molecule has 86 valence electrons. The molecule has 0 aliphatic heterocycles. The van der Waals surface area contributed by atoms with Crippen LogP contribution >= 0.6 is 0 Å². The highest BCUT2D eigenvalue weighted by atomic mass is 16.1. The zero-order chi connectivity index (χ0) is 12.0. The van der Waals surface area contributed by atoms with Crippen molar-refractivity contribution in [2.24, 2.45) is 0 Å². The quantitative estimate of drug-likeness (QED) is 0.671. The van der Waals surface area contributed by atoms with E-state index in [-0.39, 0.29) is 11.5 Å². The van der Waals surface area contributed by atoms with E-state index in [1.54, 1.807) is 6.20 Å². The van der Waals surface area contributed by atoms with E-state index in [0.29, 0.717) is 0 Å². The molecular formula is C13H13N3O. The number of nitrogens with one attached hydrogen (secondary N) is 2. The lowest BCUT2D eigenvalue weighted by molar-refractivity contribution is 0.849. The van der Waals surface area contributed by atoms with E-state index in [9.17, 15) is 4.79 Å². The molecule has 2 heterocycles. The Morgan fingerprint density at radius 2 is 1.94 bits per heavy atom. The second-order valence-electron chi connectivity index (χ2n) is 4.61. The fourth-order valence-corrected chi connectivity index (χ4v) is 2.09. The maximum atomic E-state index is 11.9. The number of rotatable bonds is 1. The normalized spacial score (nSPS) is 11.7. The van der Waals surface area contributed by atoms with Gasteiger partial charge in [0.05, 0.1) is 17.2 Å². The van der Waals surface area contributed by atoms with Gasteiger partial charge < -0.3 is 4.98 Å². The molecule has 3 aromatic rings. The summed E-state index contributed by atoms with van der Waals surface area (Å²) in [7, 11) is 0. The Balaban J connectivity index is 2.41. The van der Waals surface area contributed by atoms with E-state index in [4.69, 9.17) is 0 Å². The van der Waals surface area contributed by atoms with Crippen LogP contribution < -0.4 is 5.56 Å². The summed E-state index contributed by atoms with van der Waals surface area (Å²) in [5.74, 6) is 0.225. The predicted molar refractivity (Wildman–Crippen MR) is 68.3 cm³/mol. The van der Waals surface area contributed by atoms with Crippen LogP contribution in [0, 0.1) is 0 Å². The number of aromatic nitrogens is 3. The van der Waals surface area contributed by atoms with Crippen molar-refractivity contribution in [1.29, 1.82) is 0 Å². The van der Waals surface area contributed by atoms with E-state index in [0.717, 1.165) is 27.4 Å². The van der Waals surface area contributed by atoms with E-state index in [1.165, 1.54) is 0 Å². The highest BCUT2D eigenvalue weighted by molar-refractivity contribution is 5.94. The average molecular weight is 227 g/mol. The minimum Gasteiger partial charge on any atom is -0.322 e. The molecule has 0 amide bonds. The lowest BCUT2D eigenvalue weighted by atomic mass is 10.0. The first kappa shape index (κ1) is 10.1. The van der Waals surface area contributed by atoms with Crippen molar-refractivity contribution >= 4 is 21.8 Å². The van der Waals surface area contributed by atoms with Gasteiger partial charge in [0.1, 0.15) is 0 Å². The largest absolute Gasteiger partial charge is 0.322 e. The number of H-pyrrole nitrogens is 2. The summed E-state index contributed by atoms with van der Waals surface area (Å²) in [5.41, 5.74) is 2.59. The van der Waals surface area contributed by atoms with E-state index in [1.807, 2.05) is 32.0 Å². The van der Waals surface area contributed by atoms with E-state index >= 15 is 0 Å². The van der Waals surface area contributed by atoms with Crippen LogP contribution in [0.3, 0.4) is 0 Å². The second kappa shape index (κ2) is 3.45. The molecule has 3 rings (SSSR count). The fraction of sp³-hybridized carbons (Fsp3) is 0.231. The predicted octanol–water partition coefficient (Wildman–Crippen LogP) is 2.53. The number of hydrogen-bond donors (Lipinski definition) is 2. The van der Waals surface area contributed by atoms with Gasteiger partial charge in [-0.15, -0.1) is 0 Å². The molecule has 0 unspecified atom stereocenters. The van der Waals surface area contributed by atoms with Gasteiger partial charge in [-0.1, -0.05) is 13.8 Å². The SMILES string of the molecule is CC(C)c1cc2cc3cn[nH]c3cc2[nH]c1=O. The lowest BCUT2D eigenvalue weighted by Gasteiger charge is -2.06. The van der Waals surface area contributed by atoms with Crippen molar-refractivity contribution in [3.63, 3.8) is 0 Å². The maximum absolute atomic E-state index is 11.9. The van der Waals surface area contributed by atoms with Crippen LogP contribution in [-0.4, -0.2) is 15.2 Å². The number of hydrogen-bond acceptors (Lipinski definition) is 2. The number of benzene rings is 1. The van der Waals surface area contributed by atoms with Crippen LogP contribution in [-0.2, 0) is 0 Å². The van der Waals surface area contributed by atoms with Crippen LogP contribution in [0.4, 0.5) is 0 Å². The van der Waals surface area contributed by atoms with Gasteiger partial charge >= 0.3 is 0 Å². The second-order valence-corrected chi connectivity index (χ2v) is 4.61. The number of fused-ring (bicyclic) bond motifs is 2. The summed E-state index contributed by atoms with van der Waals surface area (Å²) in [5, 5.41) is 8.98. The van der Waals surface area contributed by atoms with E-state index < -0.39 is 0 Å². The molecule has 0 radical (unpaired) electrons. The maximum Gasteiger partial charge on any atom is 0.251 e. The number of pyridine rings is 1. The Hall–Kier alpha value is -2.10. The number of aromatic amines is 2. The molecule has 1 aromatic carbocycles. The van der Waals surface area contributed by atoms with Crippen LogP contribution in [0.1, 0.15) is 25.3 Å². The summed E-state index contributed by atoms with van der Waals surface area (Å²) < 4.78 is 0. The Labute approximate surface area is 97.7 Å². The van der Waals surface area contributed by atoms with Crippen LogP contribution in [0.5, 0.6) is 0 Å². The third-order valence-electron chi connectivity index (χ3n) is 3.05. The molecule has 4 nitrogen and oxygen atoms in total. The molecule has 2 N–H and O–H groups in total. The van der Waals surface area contributed by atoms with Gasteiger partial charge in [-0.3, -0.25) is 9.89 Å². The molecule has 0 aliphatic rings. The summed E-state index contributed by atoms with van der Waals surface area (Å²) in [6.45, 7) is 4.04. The average Bonchev–Trinajstić information content (AvgIpc) is 2.71. The van der Waals surface area contributed by atoms with Gasteiger partial charge in [0, 0.05) is 10.9 Å². The summed E-state index contributed by atoms with van der Waals surface area (Å²) >= 11 is 0. The molecule has 0 aliphatic carbocycles. The third-order valence-corrected chi connectivity index (χ3v) is 3.05. The highest BCUT2D eigenvalue weighted by Gasteiger charge is 2.07. The van der Waals surface area contributed by atoms with Crippen molar-refractivity contribution in [3.8, 4) is 0 Å². The molecule has 0 saturated carbocycles. The van der Waals surface area contributed by atoms with Crippen LogP contribution in [0.25, 0.3) is 21.8 Å². The molecule has 17 heavy (non-hydrogen) atoms. The zero-order valence-corrected chi connectivity index (χ0v) is 9.74. The van der Waals surface area contributed by atoms with Gasteiger partial charge in [0.15, 0.2) is 0 Å². The number of nitrogens with zero attached hydrogens (tertiary/aromatic N) is 1. The third kappa shape index (κ3) is 1.53. The van der Waals surface area contributed by atoms with Gasteiger partial charge in [-0.05, 0) is 29.5 Å². The first-order valence-corrected chi connectivity index (χ1v) is 5.65. The molecule has 0 atom stereocenters. The van der Waals surface area contributed by atoms with Gasteiger partial charge in [-0.2, -0.15) is 5.10 Å². The van der Waals surface area contributed by atoms with E-state index in [2.05, 4.69) is 15.2 Å². The van der Waals surface area contributed by atoms with Gasteiger partial charge in [0.25, 0.3) is 5.56 Å². The highest BCUT2D eigenvalue weighted by Crippen LogP contribution is 2.21. The summed E-state index contributed by atoms with van der Waals surface area (Å²) in [4.78, 5) is 14.8. The molecule has 2 aromatic heterocycles. The smallest absolute Gasteiger partial charge is 0.251 e. The monoisotopic (exact) mass is 227 g/mol. The van der Waals surface area contributed by atoms with Crippen LogP contribution in [0.2, 0.25) is 0 Å². The van der Waals surface area contributed by atoms with Crippen molar-refractivity contribution in [2.75, 3.05) is 0 Å². The molecular weight excluding hydrogens is 214 g/mol. The van der Waals surface area contributed by atoms with Crippen molar-refractivity contribution < 1.29 is 0 Å². The lowest BCUT2D eigenvalue weighted by Crippen LogP contribution is -2.13. The topological polar surface area (TPSA) is 61.5 Å². The minimum absolute atomic E-state index is 0.00800. The van der Waals surface area contributed by atoms with Crippen molar-refractivity contribution in [3.05, 3.63) is 40.3 Å². The molecule has 4 heteroatoms. The van der Waals surface area contributed by atoms with Crippen LogP contribution in [0.15, 0.2) is 29.2 Å². The first-order valence-electron chi connectivity index (χ1n) is 5.65. The Morgan fingerprint density at radius 1 is 1.12 bits per heavy atom. The molecule has 0 bridgehead atoms. The molecule has 0 saturated heterocycles. The van der Waals surface area contributed by atoms with Crippen molar-refractivity contribution in [1.82, 2.24) is 15.2 Å². The Morgan fingerprint density at radius 3 is 2.71 bits per heavy atom. The van der Waals surface area contributed by atoms with Gasteiger partial charge in [0.2, 0.25) is 0 Å². The fourth-order valence-electron chi connectivity index (χ4n) is 2.09. The van der Waals surface area contributed by atoms with Crippen molar-refractivity contribution in [2.45, 2.75) is 19.8 Å². The molecule has 0 spiro atoms. The Kier molecular flexibility index (Phi) is 2.04. The summed E-state index contributed by atoms with van der Waals surface area (Å²) in [6.07, 6.45) is 1.79. The van der Waals surface area contributed by atoms with Gasteiger partial charge in [-0.25, -0.2) is 0 Å².